The molecule has 0 atom stereocenters. The standard InChI is InChI=1S/C13H12N2O/c1-10(16)13-9-14-12(8-15-13)7-11-5-3-2-4-6-11/h2-6,8-9H,7H2,1H3. The van der Waals surface area contributed by atoms with Gasteiger partial charge in [-0.15, -0.1) is 0 Å². The van der Waals surface area contributed by atoms with Crippen molar-refractivity contribution in [2.45, 2.75) is 13.3 Å². The zero-order valence-electron chi connectivity index (χ0n) is 9.05. The number of nitrogens with zero attached hydrogens (tertiary/aromatic N) is 2. The molecule has 2 rings (SSSR count). The summed E-state index contributed by atoms with van der Waals surface area (Å²) >= 11 is 0. The predicted octanol–water partition coefficient (Wildman–Crippen LogP) is 2.27. The number of rotatable bonds is 3. The monoisotopic (exact) mass is 212 g/mol. The summed E-state index contributed by atoms with van der Waals surface area (Å²) in [6, 6.07) is 10.1. The summed E-state index contributed by atoms with van der Waals surface area (Å²) in [5, 5.41) is 0. The van der Waals surface area contributed by atoms with Crippen LogP contribution in [0.25, 0.3) is 0 Å². The molecular weight excluding hydrogens is 200 g/mol. The first-order chi connectivity index (χ1) is 7.75. The van der Waals surface area contributed by atoms with Crippen LogP contribution in [-0.2, 0) is 6.42 Å². The van der Waals surface area contributed by atoms with Crippen LogP contribution in [0.1, 0.15) is 28.7 Å². The Morgan fingerprint density at radius 2 is 1.88 bits per heavy atom. The molecule has 80 valence electrons. The van der Waals surface area contributed by atoms with Gasteiger partial charge in [0.05, 0.1) is 11.9 Å². The Labute approximate surface area is 94.2 Å². The second kappa shape index (κ2) is 4.66. The van der Waals surface area contributed by atoms with Gasteiger partial charge in [-0.25, -0.2) is 4.98 Å². The van der Waals surface area contributed by atoms with Crippen molar-refractivity contribution in [3.05, 3.63) is 59.7 Å². The highest BCUT2D eigenvalue weighted by Gasteiger charge is 2.02. The molecule has 1 aromatic heterocycles. The van der Waals surface area contributed by atoms with Crippen LogP contribution in [0.15, 0.2) is 42.7 Å². The number of hydrogen-bond acceptors (Lipinski definition) is 3. The van der Waals surface area contributed by atoms with Gasteiger partial charge in [0.2, 0.25) is 0 Å². The van der Waals surface area contributed by atoms with Crippen LogP contribution in [0.2, 0.25) is 0 Å². The molecule has 3 nitrogen and oxygen atoms in total. The van der Waals surface area contributed by atoms with E-state index in [1.165, 1.54) is 18.7 Å². The zero-order chi connectivity index (χ0) is 11.4. The molecule has 0 saturated carbocycles. The van der Waals surface area contributed by atoms with E-state index in [2.05, 4.69) is 9.97 Å². The maximum absolute atomic E-state index is 11.0. The molecule has 0 aliphatic carbocycles. The van der Waals surface area contributed by atoms with Crippen LogP contribution < -0.4 is 0 Å². The van der Waals surface area contributed by atoms with E-state index in [0.717, 1.165) is 12.1 Å². The maximum Gasteiger partial charge on any atom is 0.179 e. The Kier molecular flexibility index (Phi) is 3.05. The number of ketones is 1. The molecule has 16 heavy (non-hydrogen) atoms. The van der Waals surface area contributed by atoms with Gasteiger partial charge >= 0.3 is 0 Å². The molecule has 1 aromatic carbocycles. The van der Waals surface area contributed by atoms with Gasteiger partial charge < -0.3 is 0 Å². The minimum Gasteiger partial charge on any atom is -0.293 e. The number of benzene rings is 1. The van der Waals surface area contributed by atoms with E-state index < -0.39 is 0 Å². The average molecular weight is 212 g/mol. The SMILES string of the molecule is CC(=O)c1cnc(Cc2ccccc2)cn1. The summed E-state index contributed by atoms with van der Waals surface area (Å²) in [6.45, 7) is 1.49. The Bertz CT molecular complexity index is 477. The third-order valence-electron chi connectivity index (χ3n) is 2.29. The van der Waals surface area contributed by atoms with Crippen LogP contribution in [0.5, 0.6) is 0 Å². The quantitative estimate of drug-likeness (QED) is 0.733. The van der Waals surface area contributed by atoms with Crippen molar-refractivity contribution in [2.75, 3.05) is 0 Å². The smallest absolute Gasteiger partial charge is 0.179 e. The molecule has 0 aliphatic rings. The minimum absolute atomic E-state index is 0.0567. The number of aromatic nitrogens is 2. The highest BCUT2D eigenvalue weighted by molar-refractivity contribution is 5.91. The van der Waals surface area contributed by atoms with Gasteiger partial charge in [-0.1, -0.05) is 30.3 Å². The first-order valence-corrected chi connectivity index (χ1v) is 5.11. The average Bonchev–Trinajstić information content (AvgIpc) is 2.31. The van der Waals surface area contributed by atoms with Gasteiger partial charge in [0.25, 0.3) is 0 Å². The van der Waals surface area contributed by atoms with E-state index in [1.807, 2.05) is 30.3 Å². The Morgan fingerprint density at radius 3 is 2.44 bits per heavy atom. The fraction of sp³-hybridized carbons (Fsp3) is 0.154. The van der Waals surface area contributed by atoms with Crippen molar-refractivity contribution in [1.29, 1.82) is 0 Å². The van der Waals surface area contributed by atoms with Crippen LogP contribution in [-0.4, -0.2) is 15.8 Å². The second-order valence-electron chi connectivity index (χ2n) is 3.61. The fourth-order valence-electron chi connectivity index (χ4n) is 1.43. The van der Waals surface area contributed by atoms with Crippen molar-refractivity contribution >= 4 is 5.78 Å². The molecule has 0 aliphatic heterocycles. The maximum atomic E-state index is 11.0. The van der Waals surface area contributed by atoms with Crippen molar-refractivity contribution < 1.29 is 4.79 Å². The molecule has 0 fully saturated rings. The van der Waals surface area contributed by atoms with Crippen molar-refractivity contribution in [3.8, 4) is 0 Å². The van der Waals surface area contributed by atoms with Crippen LogP contribution >= 0.6 is 0 Å². The predicted molar refractivity (Wildman–Crippen MR) is 61.3 cm³/mol. The highest BCUT2D eigenvalue weighted by atomic mass is 16.1. The van der Waals surface area contributed by atoms with Gasteiger partial charge in [0, 0.05) is 19.5 Å². The van der Waals surface area contributed by atoms with Gasteiger partial charge in [0.1, 0.15) is 5.69 Å². The molecule has 3 heteroatoms. The highest BCUT2D eigenvalue weighted by Crippen LogP contribution is 2.06. The van der Waals surface area contributed by atoms with E-state index in [1.54, 1.807) is 6.20 Å². The molecule has 0 saturated heterocycles. The van der Waals surface area contributed by atoms with Crippen LogP contribution in [0.4, 0.5) is 0 Å². The van der Waals surface area contributed by atoms with Gasteiger partial charge in [-0.3, -0.25) is 9.78 Å². The van der Waals surface area contributed by atoms with Gasteiger partial charge in [-0.2, -0.15) is 0 Å². The molecule has 0 radical (unpaired) electrons. The molecule has 0 bridgehead atoms. The van der Waals surface area contributed by atoms with Crippen molar-refractivity contribution in [2.24, 2.45) is 0 Å². The second-order valence-corrected chi connectivity index (χ2v) is 3.61. The van der Waals surface area contributed by atoms with Crippen LogP contribution in [0, 0.1) is 0 Å². The van der Waals surface area contributed by atoms with Gasteiger partial charge in [-0.05, 0) is 5.56 Å². The number of hydrogen-bond donors (Lipinski definition) is 0. The molecule has 1 heterocycles. The number of Topliss-reactive ketones (excluding diaryl/α,β-unsaturated/α-hetero) is 1. The summed E-state index contributed by atoms with van der Waals surface area (Å²) in [4.78, 5) is 19.3. The summed E-state index contributed by atoms with van der Waals surface area (Å²) < 4.78 is 0. The lowest BCUT2D eigenvalue weighted by Crippen LogP contribution is -2.00. The molecule has 0 spiro atoms. The Morgan fingerprint density at radius 1 is 1.12 bits per heavy atom. The van der Waals surface area contributed by atoms with Crippen molar-refractivity contribution in [1.82, 2.24) is 9.97 Å². The molecule has 2 aromatic rings. The molecular formula is C13H12N2O. The Hall–Kier alpha value is -2.03. The summed E-state index contributed by atoms with van der Waals surface area (Å²) in [6.07, 6.45) is 3.93. The van der Waals surface area contributed by atoms with E-state index in [0.29, 0.717) is 5.69 Å². The fourth-order valence-corrected chi connectivity index (χ4v) is 1.43. The lowest BCUT2D eigenvalue weighted by atomic mass is 10.1. The van der Waals surface area contributed by atoms with E-state index in [4.69, 9.17) is 0 Å². The van der Waals surface area contributed by atoms with E-state index in [9.17, 15) is 4.79 Å². The van der Waals surface area contributed by atoms with Gasteiger partial charge in [0.15, 0.2) is 5.78 Å². The lowest BCUT2D eigenvalue weighted by Gasteiger charge is -2.00. The summed E-state index contributed by atoms with van der Waals surface area (Å²) in [5.41, 5.74) is 2.47. The topological polar surface area (TPSA) is 42.9 Å². The van der Waals surface area contributed by atoms with E-state index in [-0.39, 0.29) is 5.78 Å². The summed E-state index contributed by atoms with van der Waals surface area (Å²) in [5.74, 6) is -0.0567. The first kappa shape index (κ1) is 10.5. The van der Waals surface area contributed by atoms with Crippen molar-refractivity contribution in [3.63, 3.8) is 0 Å². The van der Waals surface area contributed by atoms with Crippen LogP contribution in [0.3, 0.4) is 0 Å². The van der Waals surface area contributed by atoms with E-state index >= 15 is 0 Å². The number of carbonyl (C=O) groups excluding carboxylic acids is 1. The Balaban J connectivity index is 2.14. The molecule has 0 N–H and O–H groups in total. The molecule has 0 amide bonds. The largest absolute Gasteiger partial charge is 0.293 e. The third kappa shape index (κ3) is 2.51. The summed E-state index contributed by atoms with van der Waals surface area (Å²) in [7, 11) is 0. The first-order valence-electron chi connectivity index (χ1n) is 5.11. The minimum atomic E-state index is -0.0567. The molecule has 0 unspecified atom stereocenters. The number of carbonyl (C=O) groups is 1. The third-order valence-corrected chi connectivity index (χ3v) is 2.29. The lowest BCUT2D eigenvalue weighted by molar-refractivity contribution is 0.101. The normalized spacial score (nSPS) is 10.1. The zero-order valence-corrected chi connectivity index (χ0v) is 9.05.